The number of amides is 1. The molecule has 94 valence electrons. The number of oxime groups is 1. The van der Waals surface area contributed by atoms with Crippen molar-refractivity contribution in [2.45, 2.75) is 26.8 Å². The monoisotopic (exact) mass is 255 g/mol. The number of thiophene rings is 1. The van der Waals surface area contributed by atoms with Crippen molar-refractivity contribution in [1.82, 2.24) is 5.32 Å². The van der Waals surface area contributed by atoms with Crippen molar-refractivity contribution in [1.29, 1.82) is 0 Å². The Balaban J connectivity index is 2.73. The van der Waals surface area contributed by atoms with Crippen LogP contribution < -0.4 is 11.1 Å². The van der Waals surface area contributed by atoms with Gasteiger partial charge >= 0.3 is 0 Å². The molecule has 1 aromatic heterocycles. The van der Waals surface area contributed by atoms with Gasteiger partial charge in [0.15, 0.2) is 5.84 Å². The van der Waals surface area contributed by atoms with E-state index >= 15 is 0 Å². The third kappa shape index (κ3) is 2.97. The van der Waals surface area contributed by atoms with E-state index in [9.17, 15) is 4.79 Å². The molecule has 1 rings (SSSR count). The third-order valence-corrected chi connectivity index (χ3v) is 3.41. The fraction of sp³-hybridized carbons (Fsp3) is 0.455. The predicted molar refractivity (Wildman–Crippen MR) is 68.1 cm³/mol. The van der Waals surface area contributed by atoms with Crippen LogP contribution in [0, 0.1) is 5.41 Å². The van der Waals surface area contributed by atoms with Crippen molar-refractivity contribution >= 4 is 23.1 Å². The standard InChI is InChI=1S/C11H17N3O2S/c1-7(8-4-5-17-6-8)13-10(15)11(2,3)9(12)14-16/h4-7,16H,1-3H3,(H2,12,14)(H,13,15). The summed E-state index contributed by atoms with van der Waals surface area (Å²) < 4.78 is 0. The second-order valence-electron chi connectivity index (χ2n) is 4.36. The maximum atomic E-state index is 12.0. The van der Waals surface area contributed by atoms with Gasteiger partial charge in [-0.25, -0.2) is 0 Å². The number of hydrogen-bond donors (Lipinski definition) is 3. The molecule has 17 heavy (non-hydrogen) atoms. The maximum absolute atomic E-state index is 12.0. The lowest BCUT2D eigenvalue weighted by Gasteiger charge is -2.24. The smallest absolute Gasteiger partial charge is 0.233 e. The predicted octanol–water partition coefficient (Wildman–Crippen LogP) is 1.70. The summed E-state index contributed by atoms with van der Waals surface area (Å²) in [4.78, 5) is 12.0. The number of nitrogens with zero attached hydrogens (tertiary/aromatic N) is 1. The molecule has 1 amide bonds. The van der Waals surface area contributed by atoms with Crippen LogP contribution in [0.2, 0.25) is 0 Å². The first-order chi connectivity index (χ1) is 7.89. The molecule has 0 saturated carbocycles. The Morgan fingerprint density at radius 1 is 1.65 bits per heavy atom. The number of nitrogens with two attached hydrogens (primary N) is 1. The Hall–Kier alpha value is -1.56. The Bertz CT molecular complexity index is 412. The summed E-state index contributed by atoms with van der Waals surface area (Å²) in [7, 11) is 0. The molecule has 5 nitrogen and oxygen atoms in total. The van der Waals surface area contributed by atoms with Crippen molar-refractivity contribution in [2.75, 3.05) is 0 Å². The summed E-state index contributed by atoms with van der Waals surface area (Å²) in [6.45, 7) is 5.11. The number of amidine groups is 1. The molecular weight excluding hydrogens is 238 g/mol. The molecule has 0 bridgehead atoms. The fourth-order valence-electron chi connectivity index (χ4n) is 1.22. The second kappa shape index (κ2) is 5.18. The number of hydrogen-bond acceptors (Lipinski definition) is 4. The van der Waals surface area contributed by atoms with Gasteiger partial charge in [0.25, 0.3) is 0 Å². The summed E-state index contributed by atoms with van der Waals surface area (Å²) in [6.07, 6.45) is 0. The van der Waals surface area contributed by atoms with Crippen molar-refractivity contribution in [3.63, 3.8) is 0 Å². The van der Waals surface area contributed by atoms with Crippen LogP contribution in [0.15, 0.2) is 22.0 Å². The average molecular weight is 255 g/mol. The largest absolute Gasteiger partial charge is 0.409 e. The number of rotatable bonds is 4. The Labute approximate surface area is 104 Å². The summed E-state index contributed by atoms with van der Waals surface area (Å²) in [5.74, 6) is -0.376. The molecular formula is C11H17N3O2S. The highest BCUT2D eigenvalue weighted by molar-refractivity contribution is 7.07. The van der Waals surface area contributed by atoms with Gasteiger partial charge in [0.2, 0.25) is 5.91 Å². The van der Waals surface area contributed by atoms with Gasteiger partial charge in [-0.05, 0) is 43.2 Å². The molecule has 0 spiro atoms. The summed E-state index contributed by atoms with van der Waals surface area (Å²) >= 11 is 1.57. The molecule has 1 atom stereocenters. The van der Waals surface area contributed by atoms with Crippen LogP contribution in [0.3, 0.4) is 0 Å². The van der Waals surface area contributed by atoms with Crippen molar-refractivity contribution in [3.8, 4) is 0 Å². The van der Waals surface area contributed by atoms with E-state index in [-0.39, 0.29) is 17.8 Å². The molecule has 1 aromatic rings. The lowest BCUT2D eigenvalue weighted by atomic mass is 9.90. The van der Waals surface area contributed by atoms with E-state index in [4.69, 9.17) is 10.9 Å². The topological polar surface area (TPSA) is 87.7 Å². The molecule has 0 aliphatic carbocycles. The molecule has 0 aliphatic heterocycles. The highest BCUT2D eigenvalue weighted by atomic mass is 32.1. The zero-order valence-corrected chi connectivity index (χ0v) is 10.9. The molecule has 1 unspecified atom stereocenters. The van der Waals surface area contributed by atoms with Crippen molar-refractivity contribution in [2.24, 2.45) is 16.3 Å². The van der Waals surface area contributed by atoms with Crippen LogP contribution in [0.5, 0.6) is 0 Å². The number of carbonyl (C=O) groups excluding carboxylic acids is 1. The summed E-state index contributed by atoms with van der Waals surface area (Å²) in [5.41, 5.74) is 5.50. The minimum Gasteiger partial charge on any atom is -0.409 e. The van der Waals surface area contributed by atoms with E-state index in [0.717, 1.165) is 5.56 Å². The van der Waals surface area contributed by atoms with Gasteiger partial charge in [-0.2, -0.15) is 11.3 Å². The van der Waals surface area contributed by atoms with Crippen LogP contribution in [0.1, 0.15) is 32.4 Å². The van der Waals surface area contributed by atoms with Gasteiger partial charge in [-0.3, -0.25) is 4.79 Å². The van der Waals surface area contributed by atoms with E-state index < -0.39 is 5.41 Å². The first kappa shape index (κ1) is 13.5. The van der Waals surface area contributed by atoms with Crippen LogP contribution in [0.25, 0.3) is 0 Å². The fourth-order valence-corrected chi connectivity index (χ4v) is 1.98. The second-order valence-corrected chi connectivity index (χ2v) is 5.14. The Morgan fingerprint density at radius 3 is 2.76 bits per heavy atom. The number of carbonyl (C=O) groups is 1. The molecule has 0 aliphatic rings. The molecule has 0 saturated heterocycles. The minimum absolute atomic E-state index is 0.0977. The normalized spacial score (nSPS) is 14.4. The quantitative estimate of drug-likeness (QED) is 0.331. The molecule has 6 heteroatoms. The molecule has 0 fully saturated rings. The lowest BCUT2D eigenvalue weighted by Crippen LogP contribution is -2.46. The SMILES string of the molecule is CC(NC(=O)C(C)(C)C(N)=NO)c1ccsc1. The number of nitrogens with one attached hydrogen (secondary N) is 1. The van der Waals surface area contributed by atoms with Gasteiger partial charge in [-0.15, -0.1) is 0 Å². The highest BCUT2D eigenvalue weighted by Crippen LogP contribution is 2.20. The van der Waals surface area contributed by atoms with Gasteiger partial charge in [0.1, 0.15) is 5.41 Å². The first-order valence-corrected chi connectivity index (χ1v) is 6.15. The van der Waals surface area contributed by atoms with E-state index in [2.05, 4.69) is 10.5 Å². The van der Waals surface area contributed by atoms with E-state index in [1.54, 1.807) is 25.2 Å². The first-order valence-electron chi connectivity index (χ1n) is 5.20. The zero-order chi connectivity index (χ0) is 13.1. The minimum atomic E-state index is -1.03. The lowest BCUT2D eigenvalue weighted by molar-refractivity contribution is -0.127. The molecule has 0 aromatic carbocycles. The molecule has 0 radical (unpaired) electrons. The van der Waals surface area contributed by atoms with E-state index in [1.807, 2.05) is 23.8 Å². The average Bonchev–Trinajstić information content (AvgIpc) is 2.81. The van der Waals surface area contributed by atoms with Crippen molar-refractivity contribution < 1.29 is 10.0 Å². The van der Waals surface area contributed by atoms with Crippen LogP contribution >= 0.6 is 11.3 Å². The van der Waals surface area contributed by atoms with Crippen LogP contribution in [-0.2, 0) is 4.79 Å². The van der Waals surface area contributed by atoms with Crippen LogP contribution in [0.4, 0.5) is 0 Å². The molecule has 1 heterocycles. The third-order valence-electron chi connectivity index (χ3n) is 2.71. The summed E-state index contributed by atoms with van der Waals surface area (Å²) in [5, 5.41) is 18.3. The van der Waals surface area contributed by atoms with Gasteiger partial charge in [0.05, 0.1) is 6.04 Å². The van der Waals surface area contributed by atoms with E-state index in [1.165, 1.54) is 0 Å². The Kier molecular flexibility index (Phi) is 4.11. The van der Waals surface area contributed by atoms with E-state index in [0.29, 0.717) is 0 Å². The highest BCUT2D eigenvalue weighted by Gasteiger charge is 2.33. The zero-order valence-electron chi connectivity index (χ0n) is 10.1. The van der Waals surface area contributed by atoms with Gasteiger partial charge in [-0.1, -0.05) is 5.16 Å². The molecule has 4 N–H and O–H groups in total. The Morgan fingerprint density at radius 2 is 2.29 bits per heavy atom. The summed E-state index contributed by atoms with van der Waals surface area (Å²) in [6, 6.07) is 1.85. The van der Waals surface area contributed by atoms with Gasteiger partial charge in [0, 0.05) is 0 Å². The maximum Gasteiger partial charge on any atom is 0.233 e. The van der Waals surface area contributed by atoms with Crippen LogP contribution in [-0.4, -0.2) is 17.0 Å². The van der Waals surface area contributed by atoms with Gasteiger partial charge < -0.3 is 16.3 Å². The van der Waals surface area contributed by atoms with Crippen molar-refractivity contribution in [3.05, 3.63) is 22.4 Å².